The number of esters is 1. The van der Waals surface area contributed by atoms with Crippen molar-refractivity contribution >= 4 is 5.97 Å². The SMILES string of the molecule is COC(=O)C[C@@H](c1ccc(F)c(F)c1)c1c(O)cc(C)n(CCc2ccc(O)cc2)c1=O. The van der Waals surface area contributed by atoms with Gasteiger partial charge in [-0.1, -0.05) is 18.2 Å². The molecule has 1 atom stereocenters. The average Bonchev–Trinajstić information content (AvgIpc) is 2.75. The predicted molar refractivity (Wildman–Crippen MR) is 114 cm³/mol. The van der Waals surface area contributed by atoms with E-state index in [1.165, 1.54) is 23.8 Å². The maximum absolute atomic E-state index is 13.9. The van der Waals surface area contributed by atoms with Crippen molar-refractivity contribution in [1.82, 2.24) is 4.57 Å². The first-order valence-electron chi connectivity index (χ1n) is 9.94. The number of aryl methyl sites for hydroxylation is 2. The van der Waals surface area contributed by atoms with E-state index in [0.29, 0.717) is 12.1 Å². The Labute approximate surface area is 183 Å². The van der Waals surface area contributed by atoms with Crippen LogP contribution in [0.3, 0.4) is 0 Å². The van der Waals surface area contributed by atoms with Crippen LogP contribution in [0.5, 0.6) is 11.5 Å². The highest BCUT2D eigenvalue weighted by Gasteiger charge is 2.27. The van der Waals surface area contributed by atoms with Crippen molar-refractivity contribution in [3.05, 3.63) is 92.9 Å². The Morgan fingerprint density at radius 1 is 1.06 bits per heavy atom. The van der Waals surface area contributed by atoms with Gasteiger partial charge in [0, 0.05) is 18.2 Å². The number of carbonyl (C=O) groups is 1. The minimum Gasteiger partial charge on any atom is -0.508 e. The topological polar surface area (TPSA) is 88.8 Å². The number of nitrogens with zero attached hydrogens (tertiary/aromatic N) is 1. The molecule has 0 bridgehead atoms. The summed E-state index contributed by atoms with van der Waals surface area (Å²) in [6.45, 7) is 1.93. The summed E-state index contributed by atoms with van der Waals surface area (Å²) in [7, 11) is 1.18. The molecule has 3 rings (SSSR count). The lowest BCUT2D eigenvalue weighted by molar-refractivity contribution is -0.140. The quantitative estimate of drug-likeness (QED) is 0.543. The molecule has 32 heavy (non-hydrogen) atoms. The summed E-state index contributed by atoms with van der Waals surface area (Å²) >= 11 is 0. The fourth-order valence-electron chi connectivity index (χ4n) is 3.64. The number of halogens is 2. The number of hydrogen-bond acceptors (Lipinski definition) is 5. The van der Waals surface area contributed by atoms with Crippen LogP contribution in [0.1, 0.15) is 34.7 Å². The second-order valence-corrected chi connectivity index (χ2v) is 7.46. The number of carbonyl (C=O) groups excluding carboxylic acids is 1. The van der Waals surface area contributed by atoms with E-state index in [0.717, 1.165) is 17.7 Å². The van der Waals surface area contributed by atoms with Crippen LogP contribution in [-0.4, -0.2) is 27.9 Å². The summed E-state index contributed by atoms with van der Waals surface area (Å²) in [6.07, 6.45) is 0.128. The van der Waals surface area contributed by atoms with Gasteiger partial charge in [-0.2, -0.15) is 0 Å². The van der Waals surface area contributed by atoms with Crippen LogP contribution in [0, 0.1) is 18.6 Å². The number of hydrogen-bond donors (Lipinski definition) is 2. The van der Waals surface area contributed by atoms with Gasteiger partial charge in [-0.25, -0.2) is 8.78 Å². The van der Waals surface area contributed by atoms with Gasteiger partial charge in [0.15, 0.2) is 11.6 Å². The van der Waals surface area contributed by atoms with Crippen molar-refractivity contribution in [2.45, 2.75) is 32.2 Å². The lowest BCUT2D eigenvalue weighted by Gasteiger charge is -2.20. The molecule has 1 aromatic heterocycles. The molecule has 3 aromatic rings. The van der Waals surface area contributed by atoms with E-state index in [2.05, 4.69) is 0 Å². The molecule has 0 fully saturated rings. The van der Waals surface area contributed by atoms with Gasteiger partial charge in [0.1, 0.15) is 11.5 Å². The molecule has 168 valence electrons. The monoisotopic (exact) mass is 443 g/mol. The standard InChI is InChI=1S/C24H23F2NO5/c1-14-11-21(29)23(24(31)27(14)10-9-15-3-6-17(28)7-4-15)18(13-22(30)32-2)16-5-8-19(25)20(26)12-16/h3-8,11-12,18,28-29H,9-10,13H2,1-2H3/t18-/m0/s1. The molecule has 0 saturated carbocycles. The van der Waals surface area contributed by atoms with E-state index in [-0.39, 0.29) is 35.6 Å². The average molecular weight is 443 g/mol. The third-order valence-corrected chi connectivity index (χ3v) is 5.38. The van der Waals surface area contributed by atoms with Gasteiger partial charge < -0.3 is 19.5 Å². The van der Waals surface area contributed by atoms with Crippen LogP contribution < -0.4 is 5.56 Å². The minimum absolute atomic E-state index is 0.0993. The molecule has 0 unspecified atom stereocenters. The maximum atomic E-state index is 13.9. The number of methoxy groups -OCH3 is 1. The largest absolute Gasteiger partial charge is 0.508 e. The van der Waals surface area contributed by atoms with E-state index in [4.69, 9.17) is 4.74 Å². The van der Waals surface area contributed by atoms with Gasteiger partial charge in [0.25, 0.3) is 5.56 Å². The van der Waals surface area contributed by atoms with Gasteiger partial charge in [0.2, 0.25) is 0 Å². The molecule has 8 heteroatoms. The van der Waals surface area contributed by atoms with E-state index < -0.39 is 29.1 Å². The molecular weight excluding hydrogens is 420 g/mol. The third-order valence-electron chi connectivity index (χ3n) is 5.38. The summed E-state index contributed by atoms with van der Waals surface area (Å²) < 4.78 is 33.5. The Kier molecular flexibility index (Phi) is 6.92. The van der Waals surface area contributed by atoms with Gasteiger partial charge in [-0.3, -0.25) is 9.59 Å². The highest BCUT2D eigenvalue weighted by molar-refractivity contribution is 5.71. The van der Waals surface area contributed by atoms with Crippen LogP contribution in [-0.2, 0) is 22.5 Å². The van der Waals surface area contributed by atoms with Gasteiger partial charge in [-0.05, 0) is 54.8 Å². The van der Waals surface area contributed by atoms with E-state index in [1.807, 2.05) is 0 Å². The fraction of sp³-hybridized carbons (Fsp3) is 0.250. The van der Waals surface area contributed by atoms with E-state index in [1.54, 1.807) is 31.2 Å². The van der Waals surface area contributed by atoms with Crippen molar-refractivity contribution < 1.29 is 28.5 Å². The second-order valence-electron chi connectivity index (χ2n) is 7.46. The zero-order valence-corrected chi connectivity index (χ0v) is 17.6. The first-order chi connectivity index (χ1) is 15.2. The van der Waals surface area contributed by atoms with Crippen molar-refractivity contribution in [1.29, 1.82) is 0 Å². The molecule has 0 amide bonds. The molecule has 0 saturated heterocycles. The number of rotatable bonds is 7. The fourth-order valence-corrected chi connectivity index (χ4v) is 3.64. The van der Waals surface area contributed by atoms with Crippen molar-refractivity contribution in [3.63, 3.8) is 0 Å². The third kappa shape index (κ3) is 4.96. The van der Waals surface area contributed by atoms with Gasteiger partial charge in [0.05, 0.1) is 19.1 Å². The molecule has 0 spiro atoms. The molecule has 0 aliphatic carbocycles. The number of pyridine rings is 1. The second kappa shape index (κ2) is 9.64. The molecule has 2 N–H and O–H groups in total. The predicted octanol–water partition coefficient (Wildman–Crippen LogP) is 3.78. The summed E-state index contributed by atoms with van der Waals surface area (Å²) in [5.41, 5.74) is 0.904. The van der Waals surface area contributed by atoms with Crippen LogP contribution in [0.15, 0.2) is 53.3 Å². The summed E-state index contributed by atoms with van der Waals surface area (Å²) in [5, 5.41) is 20.0. The van der Waals surface area contributed by atoms with Gasteiger partial charge >= 0.3 is 5.97 Å². The number of phenolic OH excluding ortho intramolecular Hbond substituents is 1. The van der Waals surface area contributed by atoms with Crippen LogP contribution in [0.4, 0.5) is 8.78 Å². The number of benzene rings is 2. The molecule has 6 nitrogen and oxygen atoms in total. The molecule has 0 radical (unpaired) electrons. The normalized spacial score (nSPS) is 11.9. The van der Waals surface area contributed by atoms with Crippen LogP contribution >= 0.6 is 0 Å². The van der Waals surface area contributed by atoms with E-state index in [9.17, 15) is 28.6 Å². The smallest absolute Gasteiger partial charge is 0.306 e. The number of phenols is 1. The first-order valence-corrected chi connectivity index (χ1v) is 9.94. The molecule has 0 aliphatic heterocycles. The Balaban J connectivity index is 2.06. The number of aromatic nitrogens is 1. The van der Waals surface area contributed by atoms with E-state index >= 15 is 0 Å². The van der Waals surface area contributed by atoms with Crippen LogP contribution in [0.25, 0.3) is 0 Å². The van der Waals surface area contributed by atoms with Crippen molar-refractivity contribution in [2.24, 2.45) is 0 Å². The Morgan fingerprint density at radius 3 is 2.38 bits per heavy atom. The lowest BCUT2D eigenvalue weighted by Crippen LogP contribution is -2.29. The molecular formula is C24H23F2NO5. The summed E-state index contributed by atoms with van der Waals surface area (Å²) in [5.74, 6) is -4.11. The summed E-state index contributed by atoms with van der Waals surface area (Å²) in [6, 6.07) is 11.0. The lowest BCUT2D eigenvalue weighted by atomic mass is 9.88. The Hall–Kier alpha value is -3.68. The van der Waals surface area contributed by atoms with Crippen molar-refractivity contribution in [3.8, 4) is 11.5 Å². The highest BCUT2D eigenvalue weighted by Crippen LogP contribution is 2.33. The van der Waals surface area contributed by atoms with Crippen LogP contribution in [0.2, 0.25) is 0 Å². The summed E-state index contributed by atoms with van der Waals surface area (Å²) in [4.78, 5) is 25.4. The molecule has 1 heterocycles. The zero-order valence-electron chi connectivity index (χ0n) is 17.6. The number of aromatic hydroxyl groups is 2. The zero-order chi connectivity index (χ0) is 23.4. The van der Waals surface area contributed by atoms with Gasteiger partial charge in [-0.15, -0.1) is 0 Å². The first kappa shape index (κ1) is 23.0. The Morgan fingerprint density at radius 2 is 1.75 bits per heavy atom. The minimum atomic E-state index is -1.13. The molecule has 2 aromatic carbocycles. The molecule has 0 aliphatic rings. The highest BCUT2D eigenvalue weighted by atomic mass is 19.2. The van der Waals surface area contributed by atoms with Crippen molar-refractivity contribution in [2.75, 3.05) is 7.11 Å². The Bertz CT molecular complexity index is 1190. The number of ether oxygens (including phenoxy) is 1. The maximum Gasteiger partial charge on any atom is 0.306 e.